The van der Waals surface area contributed by atoms with Gasteiger partial charge in [-0.25, -0.2) is 9.97 Å². The highest BCUT2D eigenvalue weighted by Gasteiger charge is 2.33. The molecule has 2 fully saturated rings. The molecule has 2 aromatic heterocycles. The van der Waals surface area contributed by atoms with Crippen LogP contribution >= 0.6 is 11.8 Å². The van der Waals surface area contributed by atoms with Crippen molar-refractivity contribution in [3.63, 3.8) is 0 Å². The van der Waals surface area contributed by atoms with Crippen LogP contribution in [0.4, 0.5) is 0 Å². The molecule has 23 heavy (non-hydrogen) atoms. The van der Waals surface area contributed by atoms with Crippen LogP contribution in [0.3, 0.4) is 0 Å². The Hall–Kier alpha value is -1.56. The van der Waals surface area contributed by atoms with Crippen molar-refractivity contribution in [3.05, 3.63) is 39.3 Å². The zero-order valence-electron chi connectivity index (χ0n) is 13.0. The number of rotatable bonds is 5. The molecule has 0 saturated heterocycles. The summed E-state index contributed by atoms with van der Waals surface area (Å²) in [6.07, 6.45) is 9.99. The Bertz CT molecular complexity index is 787. The third kappa shape index (κ3) is 2.53. The van der Waals surface area contributed by atoms with E-state index >= 15 is 0 Å². The van der Waals surface area contributed by atoms with E-state index in [1.807, 2.05) is 6.33 Å². The van der Waals surface area contributed by atoms with Crippen LogP contribution in [0.25, 0.3) is 0 Å². The third-order valence-electron chi connectivity index (χ3n) is 5.10. The van der Waals surface area contributed by atoms with E-state index in [1.165, 1.54) is 37.1 Å². The molecule has 3 aliphatic carbocycles. The van der Waals surface area contributed by atoms with Crippen molar-refractivity contribution in [2.75, 3.05) is 0 Å². The van der Waals surface area contributed by atoms with Gasteiger partial charge in [0.05, 0.1) is 23.4 Å². The van der Waals surface area contributed by atoms with Crippen molar-refractivity contribution in [2.24, 2.45) is 0 Å². The average molecular weight is 328 g/mol. The molecule has 3 aliphatic rings. The van der Waals surface area contributed by atoms with E-state index in [-0.39, 0.29) is 5.56 Å². The van der Waals surface area contributed by atoms with E-state index in [2.05, 4.69) is 19.5 Å². The minimum atomic E-state index is 0.0631. The summed E-state index contributed by atoms with van der Waals surface area (Å²) in [5, 5.41) is 0.765. The molecule has 5 rings (SSSR count). The predicted molar refractivity (Wildman–Crippen MR) is 88.9 cm³/mol. The molecule has 0 bridgehead atoms. The summed E-state index contributed by atoms with van der Waals surface area (Å²) in [5.41, 5.74) is 4.61. The molecule has 0 radical (unpaired) electrons. The van der Waals surface area contributed by atoms with Crippen LogP contribution in [0.2, 0.25) is 0 Å². The fraction of sp³-hybridized carbons (Fsp3) is 0.588. The molecule has 0 amide bonds. The van der Waals surface area contributed by atoms with Gasteiger partial charge in [0.25, 0.3) is 5.56 Å². The first-order valence-electron chi connectivity index (χ1n) is 8.60. The van der Waals surface area contributed by atoms with Gasteiger partial charge in [-0.05, 0) is 44.9 Å². The molecule has 120 valence electrons. The van der Waals surface area contributed by atoms with E-state index in [0.29, 0.717) is 12.0 Å². The fourth-order valence-electron chi connectivity index (χ4n) is 3.54. The number of aromatic nitrogens is 4. The molecule has 2 heterocycles. The lowest BCUT2D eigenvalue weighted by molar-refractivity contribution is 0.710. The van der Waals surface area contributed by atoms with Gasteiger partial charge in [0.1, 0.15) is 0 Å². The highest BCUT2D eigenvalue weighted by molar-refractivity contribution is 7.98. The summed E-state index contributed by atoms with van der Waals surface area (Å²) in [5.74, 6) is 1.52. The largest absolute Gasteiger partial charge is 0.330 e. The maximum Gasteiger partial charge on any atom is 0.254 e. The van der Waals surface area contributed by atoms with Crippen LogP contribution in [-0.2, 0) is 18.6 Å². The number of nitrogens with one attached hydrogen (secondary N) is 1. The molecule has 0 atom stereocenters. The first kappa shape index (κ1) is 13.8. The average Bonchev–Trinajstić information content (AvgIpc) is 3.47. The number of hydrogen-bond donors (Lipinski definition) is 1. The zero-order chi connectivity index (χ0) is 15.4. The van der Waals surface area contributed by atoms with E-state index < -0.39 is 0 Å². The molecule has 5 nitrogen and oxygen atoms in total. The lowest BCUT2D eigenvalue weighted by atomic mass is 10.2. The first-order valence-corrected chi connectivity index (χ1v) is 9.58. The van der Waals surface area contributed by atoms with Crippen LogP contribution in [0, 0.1) is 0 Å². The van der Waals surface area contributed by atoms with Gasteiger partial charge in [-0.15, -0.1) is 0 Å². The monoisotopic (exact) mass is 328 g/mol. The van der Waals surface area contributed by atoms with Gasteiger partial charge in [-0.3, -0.25) is 4.79 Å². The number of H-pyrrole nitrogens is 1. The van der Waals surface area contributed by atoms with E-state index in [1.54, 1.807) is 11.8 Å². The van der Waals surface area contributed by atoms with Crippen molar-refractivity contribution >= 4 is 11.8 Å². The summed E-state index contributed by atoms with van der Waals surface area (Å²) in [7, 11) is 0. The quantitative estimate of drug-likeness (QED) is 0.677. The van der Waals surface area contributed by atoms with Gasteiger partial charge < -0.3 is 9.55 Å². The molecule has 0 unspecified atom stereocenters. The molecule has 0 aromatic carbocycles. The number of nitrogens with zero attached hydrogens (tertiary/aromatic N) is 3. The smallest absolute Gasteiger partial charge is 0.254 e. The maximum absolute atomic E-state index is 12.1. The Balaban J connectivity index is 1.41. The zero-order valence-corrected chi connectivity index (χ0v) is 13.9. The fourth-order valence-corrected chi connectivity index (χ4v) is 4.45. The second kappa shape index (κ2) is 5.23. The van der Waals surface area contributed by atoms with Crippen molar-refractivity contribution in [2.45, 2.75) is 67.8 Å². The highest BCUT2D eigenvalue weighted by atomic mass is 32.2. The minimum Gasteiger partial charge on any atom is -0.330 e. The molecule has 0 spiro atoms. The van der Waals surface area contributed by atoms with E-state index in [4.69, 9.17) is 0 Å². The number of aryl methyl sites for hydroxylation is 1. The molecule has 2 saturated carbocycles. The highest BCUT2D eigenvalue weighted by Crippen LogP contribution is 2.45. The number of aromatic amines is 1. The Kier molecular flexibility index (Phi) is 3.15. The molecule has 2 aromatic rings. The van der Waals surface area contributed by atoms with Crippen molar-refractivity contribution in [1.82, 2.24) is 19.5 Å². The predicted octanol–water partition coefficient (Wildman–Crippen LogP) is 2.96. The summed E-state index contributed by atoms with van der Waals surface area (Å²) in [4.78, 5) is 24.5. The third-order valence-corrected chi connectivity index (χ3v) is 5.98. The Morgan fingerprint density at radius 1 is 1.26 bits per heavy atom. The van der Waals surface area contributed by atoms with Crippen LogP contribution in [0.5, 0.6) is 0 Å². The van der Waals surface area contributed by atoms with Crippen molar-refractivity contribution in [3.8, 4) is 0 Å². The van der Waals surface area contributed by atoms with Gasteiger partial charge in [-0.2, -0.15) is 0 Å². The van der Waals surface area contributed by atoms with E-state index in [0.717, 1.165) is 41.4 Å². The molecular weight excluding hydrogens is 308 g/mol. The van der Waals surface area contributed by atoms with Gasteiger partial charge in [0, 0.05) is 23.3 Å². The Morgan fingerprint density at radius 2 is 2.13 bits per heavy atom. The summed E-state index contributed by atoms with van der Waals surface area (Å²) < 4.78 is 2.37. The SMILES string of the molecule is O=c1[nH]c(SCc2c(C3CC3)ncn2C2CC2)nc2c1CCC2. The van der Waals surface area contributed by atoms with Crippen molar-refractivity contribution < 1.29 is 0 Å². The normalized spacial score (nSPS) is 20.0. The number of hydrogen-bond acceptors (Lipinski definition) is 4. The molecule has 0 aliphatic heterocycles. The van der Waals surface area contributed by atoms with Crippen LogP contribution < -0.4 is 5.56 Å². The standard InChI is InChI=1S/C17H20N4OS/c22-16-12-2-1-3-13(12)19-17(20-16)23-8-14-15(10-4-5-10)18-9-21(14)11-6-7-11/h9-11H,1-8H2,(H,19,20,22). The Labute approximate surface area is 138 Å². The van der Waals surface area contributed by atoms with Crippen molar-refractivity contribution in [1.29, 1.82) is 0 Å². The number of thioether (sulfide) groups is 1. The van der Waals surface area contributed by atoms with Gasteiger partial charge in [0.2, 0.25) is 0 Å². The second-order valence-electron chi connectivity index (χ2n) is 6.93. The van der Waals surface area contributed by atoms with Crippen LogP contribution in [-0.4, -0.2) is 19.5 Å². The van der Waals surface area contributed by atoms with Crippen LogP contribution in [0.1, 0.15) is 66.7 Å². The molecular formula is C17H20N4OS. The minimum absolute atomic E-state index is 0.0631. The van der Waals surface area contributed by atoms with Gasteiger partial charge in [-0.1, -0.05) is 11.8 Å². The summed E-state index contributed by atoms with van der Waals surface area (Å²) in [6, 6.07) is 0.651. The lowest BCUT2D eigenvalue weighted by Gasteiger charge is -2.09. The number of fused-ring (bicyclic) bond motifs is 1. The lowest BCUT2D eigenvalue weighted by Crippen LogP contribution is -2.15. The first-order chi connectivity index (χ1) is 11.3. The van der Waals surface area contributed by atoms with Crippen LogP contribution in [0.15, 0.2) is 16.3 Å². The van der Waals surface area contributed by atoms with Gasteiger partial charge in [0.15, 0.2) is 5.16 Å². The van der Waals surface area contributed by atoms with Gasteiger partial charge >= 0.3 is 0 Å². The Morgan fingerprint density at radius 3 is 2.91 bits per heavy atom. The van der Waals surface area contributed by atoms with E-state index in [9.17, 15) is 4.79 Å². The summed E-state index contributed by atoms with van der Waals surface area (Å²) >= 11 is 1.65. The second-order valence-corrected chi connectivity index (χ2v) is 7.89. The molecule has 6 heteroatoms. The maximum atomic E-state index is 12.1. The topological polar surface area (TPSA) is 63.6 Å². The summed E-state index contributed by atoms with van der Waals surface area (Å²) in [6.45, 7) is 0. The molecule has 1 N–H and O–H groups in total. The number of imidazole rings is 1.